The third kappa shape index (κ3) is 1.29. The van der Waals surface area contributed by atoms with E-state index >= 15 is 0 Å². The van der Waals surface area contributed by atoms with Crippen LogP contribution in [0.3, 0.4) is 0 Å². The van der Waals surface area contributed by atoms with Gasteiger partial charge in [0, 0.05) is 6.20 Å². The van der Waals surface area contributed by atoms with E-state index in [0.717, 1.165) is 21.7 Å². The molecule has 0 atom stereocenters. The number of pyridine rings is 1. The third-order valence-corrected chi connectivity index (χ3v) is 2.61. The summed E-state index contributed by atoms with van der Waals surface area (Å²) in [6.07, 6.45) is 1.91. The zero-order valence-corrected chi connectivity index (χ0v) is 9.28. The van der Waals surface area contributed by atoms with Gasteiger partial charge in [-0.1, -0.05) is 0 Å². The molecule has 4 nitrogen and oxygen atoms in total. The number of hydrogen-bond donors (Lipinski definition) is 1. The lowest BCUT2D eigenvalue weighted by Gasteiger charge is -2.03. The highest BCUT2D eigenvalue weighted by molar-refractivity contribution is 9.10. The fourth-order valence-corrected chi connectivity index (χ4v) is 2.02. The van der Waals surface area contributed by atoms with Crippen molar-refractivity contribution in [3.05, 3.63) is 28.8 Å². The van der Waals surface area contributed by atoms with Crippen LogP contribution in [0.5, 0.6) is 5.75 Å². The van der Waals surface area contributed by atoms with Crippen LogP contribution in [0.2, 0.25) is 0 Å². The Bertz CT molecular complexity index is 466. The monoisotopic (exact) mass is 255 g/mol. The van der Waals surface area contributed by atoms with Crippen molar-refractivity contribution in [1.82, 2.24) is 9.38 Å². The first-order valence-electron chi connectivity index (χ1n) is 4.17. The highest BCUT2D eigenvalue weighted by atomic mass is 79.9. The molecule has 2 rings (SSSR count). The van der Waals surface area contributed by atoms with E-state index in [1.54, 1.807) is 7.11 Å². The Balaban J connectivity index is 2.81. The zero-order valence-electron chi connectivity index (χ0n) is 7.70. The van der Waals surface area contributed by atoms with Gasteiger partial charge in [0.25, 0.3) is 0 Å². The fraction of sp³-hybridized carbons (Fsp3) is 0.222. The molecule has 14 heavy (non-hydrogen) atoms. The van der Waals surface area contributed by atoms with E-state index in [4.69, 9.17) is 10.5 Å². The average molecular weight is 256 g/mol. The third-order valence-electron chi connectivity index (χ3n) is 2.06. The Hall–Kier alpha value is -1.07. The predicted octanol–water partition coefficient (Wildman–Crippen LogP) is 1.56. The summed E-state index contributed by atoms with van der Waals surface area (Å²) in [5, 5.41) is 0. The molecule has 0 fully saturated rings. The fourth-order valence-electron chi connectivity index (χ4n) is 1.43. The van der Waals surface area contributed by atoms with Crippen LogP contribution < -0.4 is 10.5 Å². The van der Waals surface area contributed by atoms with E-state index in [1.807, 2.05) is 22.7 Å². The lowest BCUT2D eigenvalue weighted by atomic mass is 10.4. The van der Waals surface area contributed by atoms with Gasteiger partial charge >= 0.3 is 0 Å². The second kappa shape index (κ2) is 3.59. The minimum absolute atomic E-state index is 0.403. The molecule has 0 amide bonds. The number of methoxy groups -OCH3 is 1. The Kier molecular flexibility index (Phi) is 2.43. The number of nitrogens with two attached hydrogens (primary N) is 1. The summed E-state index contributed by atoms with van der Waals surface area (Å²) in [4.78, 5) is 4.29. The number of hydrogen-bond acceptors (Lipinski definition) is 3. The smallest absolute Gasteiger partial charge is 0.145 e. The normalized spacial score (nSPS) is 10.8. The van der Waals surface area contributed by atoms with Gasteiger partial charge in [-0.15, -0.1) is 0 Å². The SMILES string of the molecule is COc1cccn2c(CN)nc(Br)c12. The van der Waals surface area contributed by atoms with Crippen molar-refractivity contribution in [2.45, 2.75) is 6.54 Å². The average Bonchev–Trinajstić information content (AvgIpc) is 2.55. The van der Waals surface area contributed by atoms with Gasteiger partial charge in [0.15, 0.2) is 0 Å². The molecule has 2 aromatic heterocycles. The molecule has 0 unspecified atom stereocenters. The molecule has 74 valence electrons. The molecule has 0 bridgehead atoms. The number of aromatic nitrogens is 2. The number of rotatable bonds is 2. The van der Waals surface area contributed by atoms with Crippen LogP contribution in [0.25, 0.3) is 5.52 Å². The maximum Gasteiger partial charge on any atom is 0.145 e. The van der Waals surface area contributed by atoms with Crippen molar-refractivity contribution in [2.24, 2.45) is 5.73 Å². The number of imidazole rings is 1. The van der Waals surface area contributed by atoms with Crippen LogP contribution in [-0.4, -0.2) is 16.5 Å². The molecule has 0 aliphatic carbocycles. The lowest BCUT2D eigenvalue weighted by Crippen LogP contribution is -2.02. The van der Waals surface area contributed by atoms with Gasteiger partial charge in [0.05, 0.1) is 13.7 Å². The quantitative estimate of drug-likeness (QED) is 0.887. The second-order valence-corrected chi connectivity index (χ2v) is 3.57. The molecule has 0 spiro atoms. The van der Waals surface area contributed by atoms with E-state index in [9.17, 15) is 0 Å². The zero-order chi connectivity index (χ0) is 10.1. The Morgan fingerprint density at radius 2 is 2.43 bits per heavy atom. The van der Waals surface area contributed by atoms with E-state index in [1.165, 1.54) is 0 Å². The molecule has 0 aromatic carbocycles. The molecule has 2 heterocycles. The van der Waals surface area contributed by atoms with Crippen LogP contribution in [0.15, 0.2) is 22.9 Å². The summed E-state index contributed by atoms with van der Waals surface area (Å²) in [7, 11) is 1.64. The summed E-state index contributed by atoms with van der Waals surface area (Å²) in [6, 6.07) is 3.79. The Morgan fingerprint density at radius 1 is 1.64 bits per heavy atom. The van der Waals surface area contributed by atoms with E-state index in [2.05, 4.69) is 20.9 Å². The molecule has 0 aliphatic heterocycles. The van der Waals surface area contributed by atoms with Gasteiger partial charge in [0.1, 0.15) is 21.7 Å². The van der Waals surface area contributed by atoms with Gasteiger partial charge in [-0.3, -0.25) is 4.40 Å². The van der Waals surface area contributed by atoms with Crippen LogP contribution in [-0.2, 0) is 6.54 Å². The molecule has 0 aliphatic rings. The lowest BCUT2D eigenvalue weighted by molar-refractivity contribution is 0.417. The van der Waals surface area contributed by atoms with Gasteiger partial charge in [-0.05, 0) is 28.1 Å². The van der Waals surface area contributed by atoms with Gasteiger partial charge in [-0.25, -0.2) is 4.98 Å². The molecule has 0 radical (unpaired) electrons. The summed E-state index contributed by atoms with van der Waals surface area (Å²) >= 11 is 3.38. The van der Waals surface area contributed by atoms with Crippen molar-refractivity contribution in [3.63, 3.8) is 0 Å². The molecular weight excluding hydrogens is 246 g/mol. The van der Waals surface area contributed by atoms with Gasteiger partial charge in [-0.2, -0.15) is 0 Å². The standard InChI is InChI=1S/C9H10BrN3O/c1-14-6-3-2-4-13-7(5-11)12-9(10)8(6)13/h2-4H,5,11H2,1H3. The maximum absolute atomic E-state index is 5.58. The van der Waals surface area contributed by atoms with Crippen molar-refractivity contribution in [1.29, 1.82) is 0 Å². The second-order valence-electron chi connectivity index (χ2n) is 2.82. The number of ether oxygens (including phenoxy) is 1. The summed E-state index contributed by atoms with van der Waals surface area (Å²) in [5.41, 5.74) is 6.49. The Morgan fingerprint density at radius 3 is 3.07 bits per heavy atom. The largest absolute Gasteiger partial charge is 0.494 e. The van der Waals surface area contributed by atoms with Gasteiger partial charge < -0.3 is 10.5 Å². The van der Waals surface area contributed by atoms with E-state index < -0.39 is 0 Å². The van der Waals surface area contributed by atoms with Crippen LogP contribution in [0.4, 0.5) is 0 Å². The molecule has 0 saturated carbocycles. The summed E-state index contributed by atoms with van der Waals surface area (Å²) < 4.78 is 7.91. The predicted molar refractivity (Wildman–Crippen MR) is 57.3 cm³/mol. The van der Waals surface area contributed by atoms with Gasteiger partial charge in [0.2, 0.25) is 0 Å². The van der Waals surface area contributed by atoms with Crippen LogP contribution in [0, 0.1) is 0 Å². The summed E-state index contributed by atoms with van der Waals surface area (Å²) in [6.45, 7) is 0.403. The first-order chi connectivity index (χ1) is 6.77. The van der Waals surface area contributed by atoms with Crippen molar-refractivity contribution in [3.8, 4) is 5.75 Å². The maximum atomic E-state index is 5.58. The molecule has 0 saturated heterocycles. The minimum atomic E-state index is 0.403. The number of fused-ring (bicyclic) bond motifs is 1. The van der Waals surface area contributed by atoms with Crippen molar-refractivity contribution >= 4 is 21.4 Å². The molecular formula is C9H10BrN3O. The number of halogens is 1. The van der Waals surface area contributed by atoms with E-state index in [0.29, 0.717) is 6.54 Å². The minimum Gasteiger partial charge on any atom is -0.494 e. The molecule has 2 N–H and O–H groups in total. The van der Waals surface area contributed by atoms with Crippen molar-refractivity contribution in [2.75, 3.05) is 7.11 Å². The van der Waals surface area contributed by atoms with Crippen LogP contribution in [0.1, 0.15) is 5.82 Å². The topological polar surface area (TPSA) is 52.5 Å². The molecule has 5 heteroatoms. The van der Waals surface area contributed by atoms with Crippen LogP contribution >= 0.6 is 15.9 Å². The van der Waals surface area contributed by atoms with E-state index in [-0.39, 0.29) is 0 Å². The first kappa shape index (κ1) is 9.48. The Labute approximate surface area is 89.8 Å². The van der Waals surface area contributed by atoms with Crippen molar-refractivity contribution < 1.29 is 4.74 Å². The number of nitrogens with zero attached hydrogens (tertiary/aromatic N) is 2. The first-order valence-corrected chi connectivity index (χ1v) is 4.96. The molecule has 2 aromatic rings. The highest BCUT2D eigenvalue weighted by Crippen LogP contribution is 2.27. The summed E-state index contributed by atoms with van der Waals surface area (Å²) in [5.74, 6) is 1.59. The highest BCUT2D eigenvalue weighted by Gasteiger charge is 2.11.